The van der Waals surface area contributed by atoms with Crippen LogP contribution in [0.5, 0.6) is 11.5 Å². The highest BCUT2D eigenvalue weighted by Gasteiger charge is 2.19. The molecule has 1 N–H and O–H groups in total. The molecule has 1 amide bonds. The predicted molar refractivity (Wildman–Crippen MR) is 82.9 cm³/mol. The van der Waals surface area contributed by atoms with Crippen LogP contribution in [0.1, 0.15) is 24.0 Å². The molecule has 0 radical (unpaired) electrons. The van der Waals surface area contributed by atoms with E-state index in [1.54, 1.807) is 12.1 Å². The van der Waals surface area contributed by atoms with Crippen LogP contribution in [0.15, 0.2) is 17.7 Å². The molecule has 6 nitrogen and oxygen atoms in total. The van der Waals surface area contributed by atoms with Crippen LogP contribution in [-0.2, 0) is 9.53 Å². The topological polar surface area (TPSA) is 80.6 Å². The molecule has 0 bridgehead atoms. The molecule has 2 aliphatic rings. The third-order valence-corrected chi connectivity index (χ3v) is 3.94. The maximum atomic E-state index is 12.2. The summed E-state index contributed by atoms with van der Waals surface area (Å²) < 4.78 is 16.1. The lowest BCUT2D eigenvalue weighted by molar-refractivity contribution is -0.117. The molecule has 1 fully saturated rings. The Morgan fingerprint density at radius 2 is 2.22 bits per heavy atom. The third kappa shape index (κ3) is 3.46. The maximum absolute atomic E-state index is 12.2. The first-order chi connectivity index (χ1) is 11.2. The number of carbonyl (C=O) groups excluding carboxylic acids is 1. The van der Waals surface area contributed by atoms with Gasteiger partial charge in [-0.25, -0.2) is 0 Å². The van der Waals surface area contributed by atoms with E-state index in [4.69, 9.17) is 14.2 Å². The van der Waals surface area contributed by atoms with Gasteiger partial charge in [0.25, 0.3) is 5.91 Å². The highest BCUT2D eigenvalue weighted by molar-refractivity contribution is 6.01. The minimum Gasteiger partial charge on any atom is -0.454 e. The number of amides is 1. The van der Waals surface area contributed by atoms with Gasteiger partial charge in [0.1, 0.15) is 11.6 Å². The standard InChI is InChI=1S/C17H18N2O4/c1-11-5-15-16(23-10-22-15)7-12(11)6-13(8-18)17(20)19-9-14-3-2-4-21-14/h5-7,14H,2-4,9-10H2,1H3,(H,19,20). The van der Waals surface area contributed by atoms with Crippen molar-refractivity contribution in [2.45, 2.75) is 25.9 Å². The van der Waals surface area contributed by atoms with E-state index >= 15 is 0 Å². The van der Waals surface area contributed by atoms with E-state index in [1.165, 1.54) is 0 Å². The molecular weight excluding hydrogens is 296 g/mol. The van der Waals surface area contributed by atoms with Crippen molar-refractivity contribution < 1.29 is 19.0 Å². The molecule has 1 unspecified atom stereocenters. The second-order valence-corrected chi connectivity index (χ2v) is 5.58. The predicted octanol–water partition coefficient (Wildman–Crippen LogP) is 1.93. The SMILES string of the molecule is Cc1cc2c(cc1C=C(C#N)C(=O)NCC1CCCO1)OCO2. The number of nitriles is 1. The average molecular weight is 314 g/mol. The van der Waals surface area contributed by atoms with Gasteiger partial charge in [-0.3, -0.25) is 4.79 Å². The lowest BCUT2D eigenvalue weighted by Gasteiger charge is -2.10. The Kier molecular flexibility index (Phi) is 4.49. The van der Waals surface area contributed by atoms with E-state index in [-0.39, 0.29) is 24.4 Å². The van der Waals surface area contributed by atoms with Crippen LogP contribution < -0.4 is 14.8 Å². The Bertz CT molecular complexity index is 685. The molecule has 0 spiro atoms. The van der Waals surface area contributed by atoms with E-state index in [9.17, 15) is 10.1 Å². The van der Waals surface area contributed by atoms with E-state index < -0.39 is 0 Å². The molecule has 0 aliphatic carbocycles. The lowest BCUT2D eigenvalue weighted by Crippen LogP contribution is -2.32. The Morgan fingerprint density at radius 1 is 1.43 bits per heavy atom. The molecule has 0 aromatic heterocycles. The normalized spacial score (nSPS) is 19.5. The maximum Gasteiger partial charge on any atom is 0.262 e. The van der Waals surface area contributed by atoms with Gasteiger partial charge in [0, 0.05) is 13.2 Å². The Balaban J connectivity index is 1.73. The van der Waals surface area contributed by atoms with Crippen LogP contribution in [0.25, 0.3) is 6.08 Å². The fourth-order valence-corrected chi connectivity index (χ4v) is 2.63. The average Bonchev–Trinajstić information content (AvgIpc) is 3.21. The van der Waals surface area contributed by atoms with Gasteiger partial charge in [0.05, 0.1) is 6.10 Å². The van der Waals surface area contributed by atoms with Gasteiger partial charge in [-0.1, -0.05) is 0 Å². The van der Waals surface area contributed by atoms with Crippen LogP contribution >= 0.6 is 0 Å². The van der Waals surface area contributed by atoms with Crippen molar-refractivity contribution in [2.24, 2.45) is 0 Å². The van der Waals surface area contributed by atoms with Gasteiger partial charge >= 0.3 is 0 Å². The number of rotatable bonds is 4. The van der Waals surface area contributed by atoms with Crippen molar-refractivity contribution in [1.82, 2.24) is 5.32 Å². The molecule has 2 heterocycles. The van der Waals surface area contributed by atoms with Gasteiger partial charge < -0.3 is 19.5 Å². The largest absolute Gasteiger partial charge is 0.454 e. The second kappa shape index (κ2) is 6.71. The van der Waals surface area contributed by atoms with Gasteiger partial charge in [-0.15, -0.1) is 0 Å². The number of carbonyl (C=O) groups is 1. The van der Waals surface area contributed by atoms with Crippen molar-refractivity contribution in [3.8, 4) is 17.6 Å². The van der Waals surface area contributed by atoms with E-state index in [1.807, 2.05) is 19.1 Å². The first-order valence-corrected chi connectivity index (χ1v) is 7.59. The summed E-state index contributed by atoms with van der Waals surface area (Å²) in [6.07, 6.45) is 3.57. The number of aryl methyl sites for hydroxylation is 1. The summed E-state index contributed by atoms with van der Waals surface area (Å²) in [5.74, 6) is 0.917. The van der Waals surface area contributed by atoms with Gasteiger partial charge in [-0.2, -0.15) is 5.26 Å². The number of hydrogen-bond donors (Lipinski definition) is 1. The van der Waals surface area contributed by atoms with Crippen molar-refractivity contribution in [3.63, 3.8) is 0 Å². The molecule has 1 aromatic carbocycles. The Labute approximate surface area is 134 Å². The second-order valence-electron chi connectivity index (χ2n) is 5.58. The minimum atomic E-state index is -0.389. The van der Waals surface area contributed by atoms with Crippen molar-refractivity contribution in [1.29, 1.82) is 5.26 Å². The van der Waals surface area contributed by atoms with Gasteiger partial charge in [0.15, 0.2) is 11.5 Å². The molecule has 6 heteroatoms. The van der Waals surface area contributed by atoms with E-state index in [0.29, 0.717) is 18.0 Å². The fourth-order valence-electron chi connectivity index (χ4n) is 2.63. The molecule has 3 rings (SSSR count). The van der Waals surface area contributed by atoms with Crippen LogP contribution in [0.4, 0.5) is 0 Å². The zero-order valence-corrected chi connectivity index (χ0v) is 12.9. The molecule has 1 saturated heterocycles. The van der Waals surface area contributed by atoms with Crippen LogP contribution in [-0.4, -0.2) is 32.0 Å². The summed E-state index contributed by atoms with van der Waals surface area (Å²) in [6, 6.07) is 5.58. The quantitative estimate of drug-likeness (QED) is 0.678. The summed E-state index contributed by atoms with van der Waals surface area (Å²) in [5.41, 5.74) is 1.73. The van der Waals surface area contributed by atoms with Crippen molar-refractivity contribution in [3.05, 3.63) is 28.8 Å². The first-order valence-electron chi connectivity index (χ1n) is 7.59. The summed E-state index contributed by atoms with van der Waals surface area (Å²) in [5, 5.41) is 12.0. The Morgan fingerprint density at radius 3 is 2.91 bits per heavy atom. The fraction of sp³-hybridized carbons (Fsp3) is 0.412. The number of ether oxygens (including phenoxy) is 3. The zero-order valence-electron chi connectivity index (χ0n) is 12.9. The Hall–Kier alpha value is -2.52. The number of nitrogens with one attached hydrogen (secondary N) is 1. The monoisotopic (exact) mass is 314 g/mol. The number of hydrogen-bond acceptors (Lipinski definition) is 5. The summed E-state index contributed by atoms with van der Waals surface area (Å²) in [4.78, 5) is 12.2. The molecular formula is C17H18N2O4. The molecule has 1 aromatic rings. The van der Waals surface area contributed by atoms with Crippen molar-refractivity contribution >= 4 is 12.0 Å². The van der Waals surface area contributed by atoms with Gasteiger partial charge in [0.2, 0.25) is 6.79 Å². The summed E-state index contributed by atoms with van der Waals surface area (Å²) in [7, 11) is 0. The van der Waals surface area contributed by atoms with Crippen LogP contribution in [0.3, 0.4) is 0 Å². The number of benzene rings is 1. The summed E-state index contributed by atoms with van der Waals surface area (Å²) in [6.45, 7) is 3.25. The smallest absolute Gasteiger partial charge is 0.262 e. The van der Waals surface area contributed by atoms with Crippen LogP contribution in [0, 0.1) is 18.3 Å². The van der Waals surface area contributed by atoms with Crippen LogP contribution in [0.2, 0.25) is 0 Å². The van der Waals surface area contributed by atoms with Crippen molar-refractivity contribution in [2.75, 3.05) is 19.9 Å². The first kappa shape index (κ1) is 15.4. The third-order valence-electron chi connectivity index (χ3n) is 3.94. The number of fused-ring (bicyclic) bond motifs is 1. The molecule has 0 saturated carbocycles. The van der Waals surface area contributed by atoms with E-state index in [0.717, 1.165) is 30.6 Å². The number of nitrogens with zero attached hydrogens (tertiary/aromatic N) is 1. The highest BCUT2D eigenvalue weighted by atomic mass is 16.7. The van der Waals surface area contributed by atoms with E-state index in [2.05, 4.69) is 5.32 Å². The molecule has 120 valence electrons. The minimum absolute atomic E-state index is 0.0474. The zero-order chi connectivity index (χ0) is 16.2. The highest BCUT2D eigenvalue weighted by Crippen LogP contribution is 2.35. The summed E-state index contributed by atoms with van der Waals surface area (Å²) >= 11 is 0. The molecule has 23 heavy (non-hydrogen) atoms. The van der Waals surface area contributed by atoms with Gasteiger partial charge in [-0.05, 0) is 49.1 Å². The molecule has 2 aliphatic heterocycles. The molecule has 1 atom stereocenters. The lowest BCUT2D eigenvalue weighted by atomic mass is 10.0.